The Morgan fingerprint density at radius 3 is 2.29 bits per heavy atom. The normalized spacial score (nSPS) is 15.3. The highest BCUT2D eigenvalue weighted by molar-refractivity contribution is 6.31. The number of halogens is 6. The number of likely N-dealkylation sites (tertiary alicyclic amines) is 1. The van der Waals surface area contributed by atoms with Crippen molar-refractivity contribution in [3.05, 3.63) is 91.4 Å². The number of nitrogens with one attached hydrogen (secondary N) is 1. The summed E-state index contributed by atoms with van der Waals surface area (Å²) in [5.74, 6) is -5.78. The van der Waals surface area contributed by atoms with Crippen LogP contribution in [0, 0.1) is 31.4 Å². The number of carboxylic acid groups (broad SMARTS) is 1. The van der Waals surface area contributed by atoms with Gasteiger partial charge >= 0.3 is 12.1 Å². The summed E-state index contributed by atoms with van der Waals surface area (Å²) in [7, 11) is 1.51. The number of amides is 1. The summed E-state index contributed by atoms with van der Waals surface area (Å²) in [5.41, 5.74) is -1.29. The first-order valence-electron chi connectivity index (χ1n) is 15.8. The van der Waals surface area contributed by atoms with Crippen molar-refractivity contribution in [1.29, 1.82) is 0 Å². The van der Waals surface area contributed by atoms with Crippen LogP contribution in [0.3, 0.4) is 0 Å². The van der Waals surface area contributed by atoms with Crippen LogP contribution in [0.15, 0.2) is 41.3 Å². The molecule has 1 aromatic heterocycles. The molecule has 1 aliphatic rings. The number of carbonyl (C=O) groups excluding carboxylic acids is 1. The van der Waals surface area contributed by atoms with Gasteiger partial charge in [0.2, 0.25) is 11.7 Å². The van der Waals surface area contributed by atoms with Crippen LogP contribution in [-0.4, -0.2) is 59.3 Å². The molecule has 0 radical (unpaired) electrons. The molecule has 0 spiro atoms. The van der Waals surface area contributed by atoms with Gasteiger partial charge in [0, 0.05) is 38.5 Å². The number of hydrogen-bond donors (Lipinski definition) is 2. The van der Waals surface area contributed by atoms with E-state index in [-0.39, 0.29) is 42.0 Å². The Labute approximate surface area is 285 Å². The Hall–Kier alpha value is -3.81. The Balaban J connectivity index is 1.78. The zero-order valence-electron chi connectivity index (χ0n) is 27.8. The van der Waals surface area contributed by atoms with Gasteiger partial charge in [0.15, 0.2) is 0 Å². The van der Waals surface area contributed by atoms with Gasteiger partial charge in [-0.25, -0.2) is 8.78 Å². The van der Waals surface area contributed by atoms with Crippen molar-refractivity contribution in [3.63, 3.8) is 0 Å². The van der Waals surface area contributed by atoms with Gasteiger partial charge in [-0.2, -0.15) is 13.2 Å². The first-order chi connectivity index (χ1) is 22.9. The van der Waals surface area contributed by atoms with Crippen molar-refractivity contribution in [2.24, 2.45) is 5.92 Å². The fourth-order valence-electron chi connectivity index (χ4n) is 6.27. The summed E-state index contributed by atoms with van der Waals surface area (Å²) in [6, 6.07) is 5.19. The number of nitrogens with zero attached hydrogens (tertiary/aromatic N) is 2. The predicted octanol–water partition coefficient (Wildman–Crippen LogP) is 6.88. The molecule has 1 fully saturated rings. The molecule has 0 saturated carbocycles. The first-order valence-corrected chi connectivity index (χ1v) is 16.1. The maximum atomic E-state index is 15.6. The molecule has 1 aliphatic heterocycles. The van der Waals surface area contributed by atoms with Crippen LogP contribution in [-0.2, 0) is 26.9 Å². The minimum atomic E-state index is -5.19. The van der Waals surface area contributed by atoms with E-state index >= 15 is 8.78 Å². The summed E-state index contributed by atoms with van der Waals surface area (Å²) >= 11 is 6.28. The Morgan fingerprint density at radius 2 is 1.73 bits per heavy atom. The molecule has 1 unspecified atom stereocenters. The van der Waals surface area contributed by atoms with E-state index in [9.17, 15) is 32.7 Å². The number of methoxy groups -OCH3 is 1. The molecule has 266 valence electrons. The fourth-order valence-corrected chi connectivity index (χ4v) is 6.49. The molecule has 2 N–H and O–H groups in total. The Morgan fingerprint density at radius 1 is 1.10 bits per heavy atom. The number of aliphatic carboxylic acids is 1. The molecule has 1 saturated heterocycles. The third-order valence-electron chi connectivity index (χ3n) is 8.73. The van der Waals surface area contributed by atoms with Gasteiger partial charge in [-0.1, -0.05) is 43.6 Å². The topological polar surface area (TPSA) is 101 Å². The van der Waals surface area contributed by atoms with E-state index in [1.54, 1.807) is 13.8 Å². The maximum Gasteiger partial charge on any atom is 0.419 e. The second-order valence-corrected chi connectivity index (χ2v) is 13.3. The number of pyridine rings is 1. The number of ether oxygens (including phenoxy) is 1. The molecule has 0 aliphatic carbocycles. The molecule has 49 heavy (non-hydrogen) atoms. The third kappa shape index (κ3) is 8.68. The van der Waals surface area contributed by atoms with Crippen LogP contribution < -0.4 is 10.9 Å². The second kappa shape index (κ2) is 15.4. The first kappa shape index (κ1) is 38.0. The number of carbonyl (C=O) groups is 2. The number of benzene rings is 2. The second-order valence-electron chi connectivity index (χ2n) is 12.9. The molecular weight excluding hydrogens is 673 g/mol. The van der Waals surface area contributed by atoms with Crippen LogP contribution in [0.5, 0.6) is 0 Å². The SMILES string of the molecule is COC1CN(CCc2cn(C(CC(C)C)C(=O)N[C@@H](CC(=O)O)c3cc(-c4c(C)cccc4C)cc(Cl)c3F)c(=O)c(F)c2C(F)(F)F)C1. The summed E-state index contributed by atoms with van der Waals surface area (Å²) in [5, 5.41) is 11.9. The highest BCUT2D eigenvalue weighted by Crippen LogP contribution is 2.37. The molecule has 2 atom stereocenters. The fraction of sp³-hybridized carbons (Fsp3) is 0.457. The minimum Gasteiger partial charge on any atom is -0.481 e. The van der Waals surface area contributed by atoms with Crippen molar-refractivity contribution in [2.75, 3.05) is 26.7 Å². The van der Waals surface area contributed by atoms with Gasteiger partial charge in [-0.3, -0.25) is 19.3 Å². The van der Waals surface area contributed by atoms with E-state index < -0.39 is 64.9 Å². The predicted molar refractivity (Wildman–Crippen MR) is 175 cm³/mol. The summed E-state index contributed by atoms with van der Waals surface area (Å²) in [6.07, 6.45) is -5.64. The van der Waals surface area contributed by atoms with Crippen LogP contribution in [0.2, 0.25) is 5.02 Å². The van der Waals surface area contributed by atoms with E-state index in [4.69, 9.17) is 16.3 Å². The van der Waals surface area contributed by atoms with E-state index in [1.165, 1.54) is 19.2 Å². The Kier molecular flexibility index (Phi) is 11.9. The molecule has 1 amide bonds. The largest absolute Gasteiger partial charge is 0.481 e. The number of aromatic nitrogens is 1. The highest BCUT2D eigenvalue weighted by atomic mass is 35.5. The number of rotatable bonds is 13. The average molecular weight is 712 g/mol. The van der Waals surface area contributed by atoms with Gasteiger partial charge in [0.05, 0.1) is 23.6 Å². The Bertz CT molecular complexity index is 1750. The van der Waals surface area contributed by atoms with Gasteiger partial charge in [-0.15, -0.1) is 0 Å². The van der Waals surface area contributed by atoms with Gasteiger partial charge in [0.25, 0.3) is 5.56 Å². The van der Waals surface area contributed by atoms with Crippen molar-refractivity contribution < 1.29 is 41.4 Å². The molecule has 14 heteroatoms. The lowest BCUT2D eigenvalue weighted by Crippen LogP contribution is -2.52. The molecule has 4 rings (SSSR count). The number of hydrogen-bond acceptors (Lipinski definition) is 5. The van der Waals surface area contributed by atoms with Gasteiger partial charge in [0.1, 0.15) is 17.4 Å². The summed E-state index contributed by atoms with van der Waals surface area (Å²) in [6.45, 7) is 8.08. The van der Waals surface area contributed by atoms with E-state index in [1.807, 2.05) is 36.9 Å². The standard InChI is InChI=1S/C35H39ClF5N3O5/c1-18(2)11-27(44-15-21(9-10-43-16-23(17-43)49-5)30(35(39,40)41)32(38)34(44)48)33(47)42-26(14-28(45)46)24-12-22(13-25(36)31(24)37)29-19(3)7-6-8-20(29)4/h6-8,12-13,15,18,23,26-27H,9-11,14,16-17H2,1-5H3,(H,42,47)(H,45,46)/t26-,27?/m0/s1. The highest BCUT2D eigenvalue weighted by Gasteiger charge is 2.40. The molecule has 2 aromatic carbocycles. The average Bonchev–Trinajstić information content (AvgIpc) is 2.97. The smallest absolute Gasteiger partial charge is 0.419 e. The molecule has 8 nitrogen and oxygen atoms in total. The molecule has 3 aromatic rings. The van der Waals surface area contributed by atoms with Crippen molar-refractivity contribution in [2.45, 2.75) is 71.3 Å². The van der Waals surface area contributed by atoms with Crippen LogP contribution in [0.1, 0.15) is 66.6 Å². The van der Waals surface area contributed by atoms with E-state index in [2.05, 4.69) is 5.32 Å². The van der Waals surface area contributed by atoms with Crippen LogP contribution >= 0.6 is 11.6 Å². The van der Waals surface area contributed by atoms with Crippen molar-refractivity contribution in [3.8, 4) is 11.1 Å². The van der Waals surface area contributed by atoms with Gasteiger partial charge in [-0.05, 0) is 72.6 Å². The van der Waals surface area contributed by atoms with Gasteiger partial charge < -0.3 is 19.7 Å². The molecular formula is C35H39ClF5N3O5. The number of alkyl halides is 3. The third-order valence-corrected chi connectivity index (χ3v) is 9.00. The molecule has 0 bridgehead atoms. The van der Waals surface area contributed by atoms with E-state index in [0.717, 1.165) is 22.9 Å². The zero-order chi connectivity index (χ0) is 36.4. The summed E-state index contributed by atoms with van der Waals surface area (Å²) < 4.78 is 79.1. The monoisotopic (exact) mass is 711 g/mol. The number of aryl methyl sites for hydroxylation is 2. The lowest BCUT2D eigenvalue weighted by atomic mass is 9.92. The maximum absolute atomic E-state index is 15.6. The number of carboxylic acids is 1. The van der Waals surface area contributed by atoms with Crippen molar-refractivity contribution >= 4 is 23.5 Å². The minimum absolute atomic E-state index is 0.0770. The molecule has 2 heterocycles. The van der Waals surface area contributed by atoms with Crippen LogP contribution in [0.4, 0.5) is 22.0 Å². The lowest BCUT2D eigenvalue weighted by Gasteiger charge is -2.38. The van der Waals surface area contributed by atoms with Crippen molar-refractivity contribution in [1.82, 2.24) is 14.8 Å². The van der Waals surface area contributed by atoms with Crippen LogP contribution in [0.25, 0.3) is 11.1 Å². The summed E-state index contributed by atoms with van der Waals surface area (Å²) in [4.78, 5) is 41.0. The zero-order valence-corrected chi connectivity index (χ0v) is 28.5. The quantitative estimate of drug-likeness (QED) is 0.188. The lowest BCUT2D eigenvalue weighted by molar-refractivity contribution is -0.141. The van der Waals surface area contributed by atoms with E-state index in [0.29, 0.717) is 23.2 Å².